The first-order valence-corrected chi connectivity index (χ1v) is 11.8. The van der Waals surface area contributed by atoms with Gasteiger partial charge in [-0.25, -0.2) is 0 Å². The minimum absolute atomic E-state index is 0.188. The first kappa shape index (κ1) is 24.9. The van der Waals surface area contributed by atoms with Crippen molar-refractivity contribution in [3.8, 4) is 17.2 Å². The highest BCUT2D eigenvalue weighted by atomic mass is 16.5. The lowest BCUT2D eigenvalue weighted by atomic mass is 10.1. The summed E-state index contributed by atoms with van der Waals surface area (Å²) in [5.41, 5.74) is 2.31. The molecule has 33 heavy (non-hydrogen) atoms. The van der Waals surface area contributed by atoms with Crippen LogP contribution in [0.1, 0.15) is 50.5 Å². The second-order valence-corrected chi connectivity index (χ2v) is 8.16. The minimum Gasteiger partial charge on any atom is -0.490 e. The first-order valence-electron chi connectivity index (χ1n) is 11.8. The number of anilines is 1. The molecule has 2 unspecified atom stereocenters. The lowest BCUT2D eigenvalue weighted by Crippen LogP contribution is -2.44. The smallest absolute Gasteiger partial charge is 0.255 e. The molecule has 0 spiro atoms. The van der Waals surface area contributed by atoms with Crippen LogP contribution in [0.4, 0.5) is 5.69 Å². The summed E-state index contributed by atoms with van der Waals surface area (Å²) in [6.45, 7) is 13.7. The summed E-state index contributed by atoms with van der Waals surface area (Å²) in [6, 6.07) is 11.3. The third-order valence-electron chi connectivity index (χ3n) is 5.33. The third kappa shape index (κ3) is 6.62. The number of carbonyl (C=O) groups is 1. The van der Waals surface area contributed by atoms with Crippen molar-refractivity contribution in [3.05, 3.63) is 47.5 Å². The van der Waals surface area contributed by atoms with Crippen molar-refractivity contribution in [2.24, 2.45) is 0 Å². The minimum atomic E-state index is -0.226. The van der Waals surface area contributed by atoms with Crippen molar-refractivity contribution >= 4 is 11.6 Å². The third-order valence-corrected chi connectivity index (χ3v) is 5.33. The molecular formula is C26H36N2O5. The molecule has 1 aliphatic rings. The molecule has 0 bridgehead atoms. The molecule has 1 saturated heterocycles. The van der Waals surface area contributed by atoms with Crippen LogP contribution in [0.2, 0.25) is 0 Å². The molecule has 1 aliphatic heterocycles. The molecular weight excluding hydrogens is 420 g/mol. The second-order valence-electron chi connectivity index (χ2n) is 8.16. The largest absolute Gasteiger partial charge is 0.490 e. The van der Waals surface area contributed by atoms with Crippen molar-refractivity contribution in [1.82, 2.24) is 4.90 Å². The Morgan fingerprint density at radius 1 is 0.970 bits per heavy atom. The molecule has 1 fully saturated rings. The first-order chi connectivity index (χ1) is 15.9. The highest BCUT2D eigenvalue weighted by molar-refractivity contribution is 6.05. The number of hydrogen-bond acceptors (Lipinski definition) is 6. The standard InChI is InChI=1S/C26H36N2O5/c1-6-30-23-13-21(14-24(31-7-2)25(23)32-8-3)26(29)27-22-12-10-9-11-20(22)17-28-15-18(4)33-19(5)16-28/h9-14,18-19H,6-8,15-17H2,1-5H3,(H,27,29). The van der Waals surface area contributed by atoms with Crippen molar-refractivity contribution in [2.75, 3.05) is 38.2 Å². The van der Waals surface area contributed by atoms with Crippen LogP contribution in [-0.4, -0.2) is 55.9 Å². The number of ether oxygens (including phenoxy) is 4. The second kappa shape index (κ2) is 11.9. The Labute approximate surface area is 197 Å². The molecule has 1 amide bonds. The van der Waals surface area contributed by atoms with Gasteiger partial charge in [0.25, 0.3) is 5.91 Å². The van der Waals surface area contributed by atoms with E-state index >= 15 is 0 Å². The summed E-state index contributed by atoms with van der Waals surface area (Å²) in [4.78, 5) is 15.6. The number of para-hydroxylation sites is 1. The Kier molecular flexibility index (Phi) is 8.97. The van der Waals surface area contributed by atoms with Gasteiger partial charge < -0.3 is 24.3 Å². The normalized spacial score (nSPS) is 18.6. The quantitative estimate of drug-likeness (QED) is 0.557. The number of carbonyl (C=O) groups excluding carboxylic acids is 1. The molecule has 2 atom stereocenters. The molecule has 0 aromatic heterocycles. The van der Waals surface area contributed by atoms with Gasteiger partial charge in [-0.05, 0) is 58.4 Å². The number of nitrogens with zero attached hydrogens (tertiary/aromatic N) is 1. The van der Waals surface area contributed by atoms with Gasteiger partial charge in [0, 0.05) is 30.9 Å². The molecule has 180 valence electrons. The van der Waals surface area contributed by atoms with E-state index in [0.29, 0.717) is 42.6 Å². The van der Waals surface area contributed by atoms with E-state index in [1.54, 1.807) is 12.1 Å². The zero-order chi connectivity index (χ0) is 23.8. The Balaban J connectivity index is 1.84. The fraction of sp³-hybridized carbons (Fsp3) is 0.500. The zero-order valence-corrected chi connectivity index (χ0v) is 20.3. The maximum Gasteiger partial charge on any atom is 0.255 e. The Hall–Kier alpha value is -2.77. The van der Waals surface area contributed by atoms with Gasteiger partial charge in [-0.3, -0.25) is 9.69 Å². The van der Waals surface area contributed by atoms with E-state index in [1.807, 2.05) is 39.0 Å². The maximum atomic E-state index is 13.2. The number of nitrogens with one attached hydrogen (secondary N) is 1. The Morgan fingerprint density at radius 3 is 2.12 bits per heavy atom. The molecule has 3 rings (SSSR count). The van der Waals surface area contributed by atoms with Gasteiger partial charge in [-0.1, -0.05) is 18.2 Å². The summed E-state index contributed by atoms with van der Waals surface area (Å²) in [5.74, 6) is 1.30. The molecule has 7 heteroatoms. The highest BCUT2D eigenvalue weighted by Gasteiger charge is 2.23. The Bertz CT molecular complexity index is 896. The molecule has 2 aromatic carbocycles. The molecule has 0 saturated carbocycles. The van der Waals surface area contributed by atoms with Crippen LogP contribution in [-0.2, 0) is 11.3 Å². The molecule has 7 nitrogen and oxygen atoms in total. The summed E-state index contributed by atoms with van der Waals surface area (Å²) < 4.78 is 23.1. The fourth-order valence-electron chi connectivity index (χ4n) is 4.15. The van der Waals surface area contributed by atoms with Crippen LogP contribution in [0.5, 0.6) is 17.2 Å². The van der Waals surface area contributed by atoms with Crippen LogP contribution < -0.4 is 19.5 Å². The van der Waals surface area contributed by atoms with Gasteiger partial charge in [0.15, 0.2) is 11.5 Å². The van der Waals surface area contributed by atoms with E-state index in [4.69, 9.17) is 18.9 Å². The number of amides is 1. The van der Waals surface area contributed by atoms with Crippen molar-refractivity contribution in [2.45, 2.75) is 53.4 Å². The van der Waals surface area contributed by atoms with E-state index in [0.717, 1.165) is 30.9 Å². The summed E-state index contributed by atoms with van der Waals surface area (Å²) in [6.07, 6.45) is 0.377. The maximum absolute atomic E-state index is 13.2. The van der Waals surface area contributed by atoms with E-state index < -0.39 is 0 Å². The van der Waals surface area contributed by atoms with Crippen LogP contribution in [0.15, 0.2) is 36.4 Å². The van der Waals surface area contributed by atoms with Crippen molar-refractivity contribution in [3.63, 3.8) is 0 Å². The van der Waals surface area contributed by atoms with Gasteiger partial charge >= 0.3 is 0 Å². The lowest BCUT2D eigenvalue weighted by molar-refractivity contribution is -0.0704. The average molecular weight is 457 g/mol. The van der Waals surface area contributed by atoms with Crippen molar-refractivity contribution < 1.29 is 23.7 Å². The van der Waals surface area contributed by atoms with Gasteiger partial charge in [0.2, 0.25) is 5.75 Å². The highest BCUT2D eigenvalue weighted by Crippen LogP contribution is 2.39. The van der Waals surface area contributed by atoms with E-state index in [2.05, 4.69) is 30.1 Å². The molecule has 1 N–H and O–H groups in total. The fourth-order valence-corrected chi connectivity index (χ4v) is 4.15. The Morgan fingerprint density at radius 2 is 1.55 bits per heavy atom. The van der Waals surface area contributed by atoms with Crippen LogP contribution in [0.25, 0.3) is 0 Å². The molecule has 1 heterocycles. The summed E-state index contributed by atoms with van der Waals surface area (Å²) >= 11 is 0. The monoisotopic (exact) mass is 456 g/mol. The van der Waals surface area contributed by atoms with Crippen LogP contribution in [0.3, 0.4) is 0 Å². The van der Waals surface area contributed by atoms with Gasteiger partial charge in [-0.2, -0.15) is 0 Å². The number of hydrogen-bond donors (Lipinski definition) is 1. The predicted octanol–water partition coefficient (Wildman–Crippen LogP) is 4.74. The predicted molar refractivity (Wildman–Crippen MR) is 130 cm³/mol. The van der Waals surface area contributed by atoms with Gasteiger partial charge in [0.05, 0.1) is 32.0 Å². The summed E-state index contributed by atoms with van der Waals surface area (Å²) in [5, 5.41) is 3.08. The lowest BCUT2D eigenvalue weighted by Gasteiger charge is -2.35. The van der Waals surface area contributed by atoms with Gasteiger partial charge in [-0.15, -0.1) is 0 Å². The molecule has 2 aromatic rings. The number of rotatable bonds is 10. The van der Waals surface area contributed by atoms with Crippen molar-refractivity contribution in [1.29, 1.82) is 0 Å². The van der Waals surface area contributed by atoms with Crippen LogP contribution >= 0.6 is 0 Å². The van der Waals surface area contributed by atoms with E-state index in [1.165, 1.54) is 0 Å². The number of morpholine rings is 1. The van der Waals surface area contributed by atoms with E-state index in [-0.39, 0.29) is 18.1 Å². The topological polar surface area (TPSA) is 69.3 Å². The summed E-state index contributed by atoms with van der Waals surface area (Å²) in [7, 11) is 0. The van der Waals surface area contributed by atoms with E-state index in [9.17, 15) is 4.79 Å². The molecule has 0 radical (unpaired) electrons. The average Bonchev–Trinajstić information content (AvgIpc) is 2.76. The SMILES string of the molecule is CCOc1cc(C(=O)Nc2ccccc2CN2CC(C)OC(C)C2)cc(OCC)c1OCC. The number of benzene rings is 2. The van der Waals surface area contributed by atoms with Crippen LogP contribution in [0, 0.1) is 0 Å². The molecule has 0 aliphatic carbocycles. The van der Waals surface area contributed by atoms with Gasteiger partial charge in [0.1, 0.15) is 0 Å². The zero-order valence-electron chi connectivity index (χ0n) is 20.3.